The summed E-state index contributed by atoms with van der Waals surface area (Å²) in [4.78, 5) is 27.4. The summed E-state index contributed by atoms with van der Waals surface area (Å²) in [6, 6.07) is 16.2. The van der Waals surface area contributed by atoms with E-state index in [1.807, 2.05) is 0 Å². The molecule has 0 bridgehead atoms. The molecular weight excluding hydrogens is 476 g/mol. The number of thiophene rings is 1. The maximum absolute atomic E-state index is 13.1. The molecule has 0 saturated heterocycles. The minimum atomic E-state index is -3.90. The highest BCUT2D eigenvalue weighted by Crippen LogP contribution is 2.37. The summed E-state index contributed by atoms with van der Waals surface area (Å²) >= 11 is 1.21. The van der Waals surface area contributed by atoms with Gasteiger partial charge in [0, 0.05) is 11.4 Å². The van der Waals surface area contributed by atoms with Gasteiger partial charge in [0.2, 0.25) is 0 Å². The third-order valence-corrected chi connectivity index (χ3v) is 7.81. The monoisotopic (exact) mass is 496 g/mol. The SMILES string of the molecule is COC(=O)N1CCc2c(sc(NC(=O)c3ccccc3NS(=O)(=O)c3ccccc3)c2C#N)C1. The lowest BCUT2D eigenvalue weighted by Crippen LogP contribution is -2.35. The van der Waals surface area contributed by atoms with Crippen LogP contribution in [0.4, 0.5) is 15.5 Å². The van der Waals surface area contributed by atoms with E-state index in [1.54, 1.807) is 30.3 Å². The molecular formula is C23H20N4O5S2. The number of ether oxygens (including phenoxy) is 1. The molecule has 1 aromatic heterocycles. The van der Waals surface area contributed by atoms with Crippen LogP contribution in [0.3, 0.4) is 0 Å². The van der Waals surface area contributed by atoms with Gasteiger partial charge in [-0.15, -0.1) is 11.3 Å². The third kappa shape index (κ3) is 4.59. The van der Waals surface area contributed by atoms with Gasteiger partial charge in [-0.3, -0.25) is 9.52 Å². The minimum absolute atomic E-state index is 0.0677. The second-order valence-electron chi connectivity index (χ2n) is 7.38. The maximum Gasteiger partial charge on any atom is 0.409 e. The van der Waals surface area contributed by atoms with Crippen LogP contribution in [0.2, 0.25) is 0 Å². The Hall–Kier alpha value is -3.88. The van der Waals surface area contributed by atoms with Crippen LogP contribution < -0.4 is 10.0 Å². The number of nitriles is 1. The summed E-state index contributed by atoms with van der Waals surface area (Å²) in [6.45, 7) is 0.688. The van der Waals surface area contributed by atoms with Crippen molar-refractivity contribution in [3.8, 4) is 6.07 Å². The van der Waals surface area contributed by atoms with Crippen LogP contribution in [0.15, 0.2) is 59.5 Å². The van der Waals surface area contributed by atoms with Crippen molar-refractivity contribution in [1.29, 1.82) is 5.26 Å². The van der Waals surface area contributed by atoms with Gasteiger partial charge < -0.3 is 15.0 Å². The van der Waals surface area contributed by atoms with Gasteiger partial charge >= 0.3 is 6.09 Å². The molecule has 4 rings (SSSR count). The van der Waals surface area contributed by atoms with E-state index in [-0.39, 0.29) is 22.7 Å². The standard InChI is InChI=1S/C23H20N4O5S2/c1-32-23(29)27-12-11-16-18(13-24)22(33-20(16)14-27)25-21(28)17-9-5-6-10-19(17)26-34(30,31)15-7-3-2-4-8-15/h2-10,26H,11-12,14H2,1H3,(H,25,28). The summed E-state index contributed by atoms with van der Waals surface area (Å²) in [6.07, 6.45) is 0.00967. The van der Waals surface area contributed by atoms with Crippen molar-refractivity contribution >= 4 is 44.0 Å². The second-order valence-corrected chi connectivity index (χ2v) is 10.2. The highest BCUT2D eigenvalue weighted by Gasteiger charge is 2.28. The zero-order chi connectivity index (χ0) is 24.3. The lowest BCUT2D eigenvalue weighted by Gasteiger charge is -2.25. The number of methoxy groups -OCH3 is 1. The number of nitrogens with zero attached hydrogens (tertiary/aromatic N) is 2. The lowest BCUT2D eigenvalue weighted by atomic mass is 10.0. The Morgan fingerprint density at radius 3 is 2.53 bits per heavy atom. The second kappa shape index (κ2) is 9.54. The number of nitrogens with one attached hydrogen (secondary N) is 2. The van der Waals surface area contributed by atoms with E-state index < -0.39 is 22.0 Å². The molecule has 0 spiro atoms. The predicted molar refractivity (Wildman–Crippen MR) is 127 cm³/mol. The highest BCUT2D eigenvalue weighted by atomic mass is 32.2. The first kappa shape index (κ1) is 23.3. The number of sulfonamides is 1. The topological polar surface area (TPSA) is 129 Å². The van der Waals surface area contributed by atoms with Crippen molar-refractivity contribution in [3.05, 3.63) is 76.2 Å². The number of carbonyl (C=O) groups excluding carboxylic acids is 2. The summed E-state index contributed by atoms with van der Waals surface area (Å²) in [5.41, 5.74) is 1.36. The number of benzene rings is 2. The molecule has 2 N–H and O–H groups in total. The zero-order valence-electron chi connectivity index (χ0n) is 18.1. The van der Waals surface area contributed by atoms with Crippen LogP contribution in [-0.4, -0.2) is 39.0 Å². The maximum atomic E-state index is 13.1. The van der Waals surface area contributed by atoms with Crippen LogP contribution in [0.1, 0.15) is 26.4 Å². The van der Waals surface area contributed by atoms with E-state index in [2.05, 4.69) is 16.1 Å². The van der Waals surface area contributed by atoms with Crippen molar-refractivity contribution in [2.45, 2.75) is 17.9 Å². The van der Waals surface area contributed by atoms with Gasteiger partial charge in [-0.25, -0.2) is 13.2 Å². The van der Waals surface area contributed by atoms with Gasteiger partial charge in [0.15, 0.2) is 0 Å². The number of amides is 2. The van der Waals surface area contributed by atoms with Crippen LogP contribution in [0.5, 0.6) is 0 Å². The van der Waals surface area contributed by atoms with Gasteiger partial charge in [-0.05, 0) is 36.2 Å². The van der Waals surface area contributed by atoms with E-state index in [9.17, 15) is 23.3 Å². The largest absolute Gasteiger partial charge is 0.453 e. The quantitative estimate of drug-likeness (QED) is 0.553. The molecule has 11 heteroatoms. The van der Waals surface area contributed by atoms with Crippen molar-refractivity contribution in [1.82, 2.24) is 4.90 Å². The van der Waals surface area contributed by atoms with Crippen LogP contribution in [-0.2, 0) is 27.7 Å². The normalized spacial score (nSPS) is 12.9. The van der Waals surface area contributed by atoms with Gasteiger partial charge in [-0.1, -0.05) is 30.3 Å². The number of fused-ring (bicyclic) bond motifs is 1. The van der Waals surface area contributed by atoms with E-state index in [0.717, 1.165) is 10.4 Å². The van der Waals surface area contributed by atoms with Crippen molar-refractivity contribution in [2.24, 2.45) is 0 Å². The Bertz CT molecular complexity index is 1390. The molecule has 2 heterocycles. The smallest absolute Gasteiger partial charge is 0.409 e. The minimum Gasteiger partial charge on any atom is -0.453 e. The molecule has 0 radical (unpaired) electrons. The number of para-hydroxylation sites is 1. The first-order valence-corrected chi connectivity index (χ1v) is 12.5. The molecule has 0 unspecified atom stereocenters. The number of hydrogen-bond donors (Lipinski definition) is 2. The molecule has 3 aromatic rings. The molecule has 2 aromatic carbocycles. The van der Waals surface area contributed by atoms with E-state index in [0.29, 0.717) is 23.5 Å². The van der Waals surface area contributed by atoms with Gasteiger partial charge in [0.1, 0.15) is 11.1 Å². The average Bonchev–Trinajstić information content (AvgIpc) is 3.20. The molecule has 0 atom stereocenters. The summed E-state index contributed by atoms with van der Waals surface area (Å²) in [7, 11) is -2.60. The number of rotatable bonds is 5. The van der Waals surface area contributed by atoms with Crippen molar-refractivity contribution in [2.75, 3.05) is 23.7 Å². The zero-order valence-corrected chi connectivity index (χ0v) is 19.7. The van der Waals surface area contributed by atoms with Gasteiger partial charge in [-0.2, -0.15) is 5.26 Å². The van der Waals surface area contributed by atoms with E-state index in [1.165, 1.54) is 47.6 Å². The predicted octanol–water partition coefficient (Wildman–Crippen LogP) is 3.80. The molecule has 0 aliphatic carbocycles. The van der Waals surface area contributed by atoms with Gasteiger partial charge in [0.05, 0.1) is 35.4 Å². The van der Waals surface area contributed by atoms with E-state index in [4.69, 9.17) is 4.74 Å². The molecule has 174 valence electrons. The Morgan fingerprint density at radius 2 is 1.82 bits per heavy atom. The van der Waals surface area contributed by atoms with E-state index >= 15 is 0 Å². The molecule has 2 amide bonds. The molecule has 1 aliphatic heterocycles. The van der Waals surface area contributed by atoms with Crippen molar-refractivity contribution < 1.29 is 22.7 Å². The fourth-order valence-electron chi connectivity index (χ4n) is 3.64. The molecule has 34 heavy (non-hydrogen) atoms. The Morgan fingerprint density at radius 1 is 1.12 bits per heavy atom. The highest BCUT2D eigenvalue weighted by molar-refractivity contribution is 7.92. The first-order valence-electron chi connectivity index (χ1n) is 10.2. The summed E-state index contributed by atoms with van der Waals surface area (Å²) in [5.74, 6) is -0.564. The number of hydrogen-bond acceptors (Lipinski definition) is 7. The van der Waals surface area contributed by atoms with Crippen molar-refractivity contribution in [3.63, 3.8) is 0 Å². The fourth-order valence-corrected chi connectivity index (χ4v) is 5.95. The molecule has 0 fully saturated rings. The van der Waals surface area contributed by atoms with Crippen LogP contribution >= 0.6 is 11.3 Å². The Labute approximate surface area is 200 Å². The summed E-state index contributed by atoms with van der Waals surface area (Å²) in [5, 5.41) is 12.8. The molecule has 0 saturated carbocycles. The van der Waals surface area contributed by atoms with Crippen LogP contribution in [0, 0.1) is 11.3 Å². The first-order chi connectivity index (χ1) is 16.3. The van der Waals surface area contributed by atoms with Crippen LogP contribution in [0.25, 0.3) is 0 Å². The van der Waals surface area contributed by atoms with Gasteiger partial charge in [0.25, 0.3) is 15.9 Å². The molecule has 1 aliphatic rings. The number of anilines is 2. The Balaban J connectivity index is 1.60. The number of carbonyl (C=O) groups is 2. The third-order valence-electron chi connectivity index (χ3n) is 5.30. The Kier molecular flexibility index (Phi) is 6.54. The fraction of sp³-hybridized carbons (Fsp3) is 0.174. The summed E-state index contributed by atoms with van der Waals surface area (Å²) < 4.78 is 32.7. The molecule has 9 nitrogen and oxygen atoms in total. The lowest BCUT2D eigenvalue weighted by molar-refractivity contribution is 0.102. The average molecular weight is 497 g/mol.